The Bertz CT molecular complexity index is 605. The summed E-state index contributed by atoms with van der Waals surface area (Å²) >= 11 is 1.58. The summed E-state index contributed by atoms with van der Waals surface area (Å²) in [4.78, 5) is 41.0. The van der Waals surface area contributed by atoms with Gasteiger partial charge < -0.3 is 19.6 Å². The van der Waals surface area contributed by atoms with Crippen LogP contribution in [0.2, 0.25) is 0 Å². The van der Waals surface area contributed by atoms with Gasteiger partial charge in [-0.25, -0.2) is 0 Å². The molecule has 0 aromatic rings. The molecule has 3 aliphatic rings. The smallest absolute Gasteiger partial charge is 0.311 e. The van der Waals surface area contributed by atoms with E-state index in [1.165, 1.54) is 0 Å². The van der Waals surface area contributed by atoms with E-state index in [9.17, 15) is 19.5 Å². The van der Waals surface area contributed by atoms with Gasteiger partial charge in [0.25, 0.3) is 0 Å². The molecule has 26 heavy (non-hydrogen) atoms. The van der Waals surface area contributed by atoms with Gasteiger partial charge in [0.05, 0.1) is 17.9 Å². The van der Waals surface area contributed by atoms with Crippen molar-refractivity contribution in [3.8, 4) is 0 Å². The minimum atomic E-state index is -0.903. The van der Waals surface area contributed by atoms with Crippen molar-refractivity contribution in [1.82, 2.24) is 9.80 Å². The first kappa shape index (κ1) is 19.5. The van der Waals surface area contributed by atoms with Crippen molar-refractivity contribution in [3.63, 3.8) is 0 Å². The Morgan fingerprint density at radius 2 is 2.04 bits per heavy atom. The number of rotatable bonds is 3. The number of aliphatic carboxylic acids is 1. The van der Waals surface area contributed by atoms with Crippen LogP contribution in [0, 0.1) is 16.7 Å². The van der Waals surface area contributed by atoms with Gasteiger partial charge in [-0.1, -0.05) is 20.8 Å². The number of carboxylic acids is 1. The van der Waals surface area contributed by atoms with Gasteiger partial charge in [0.15, 0.2) is 0 Å². The van der Waals surface area contributed by atoms with Gasteiger partial charge in [0, 0.05) is 37.8 Å². The van der Waals surface area contributed by atoms with E-state index in [0.29, 0.717) is 44.2 Å². The third-order valence-corrected chi connectivity index (χ3v) is 6.63. The Balaban J connectivity index is 1.73. The quantitative estimate of drug-likeness (QED) is 0.789. The fraction of sp³-hybridized carbons (Fsp3) is 0.833. The molecule has 3 fully saturated rings. The lowest BCUT2D eigenvalue weighted by atomic mass is 9.74. The first-order valence-corrected chi connectivity index (χ1v) is 10.3. The van der Waals surface area contributed by atoms with Crippen LogP contribution in [0.4, 0.5) is 0 Å². The number of carboxylic acid groups (broad SMARTS) is 1. The number of hydrogen-bond acceptors (Lipinski definition) is 5. The summed E-state index contributed by atoms with van der Waals surface area (Å²) in [5.74, 6) is -0.0449. The highest BCUT2D eigenvalue weighted by Crippen LogP contribution is 2.43. The van der Waals surface area contributed by atoms with Crippen LogP contribution < -0.4 is 0 Å². The van der Waals surface area contributed by atoms with Gasteiger partial charge in [-0.2, -0.15) is 0 Å². The van der Waals surface area contributed by atoms with E-state index in [1.54, 1.807) is 21.6 Å². The topological polar surface area (TPSA) is 87.2 Å². The van der Waals surface area contributed by atoms with Crippen molar-refractivity contribution in [2.24, 2.45) is 16.7 Å². The van der Waals surface area contributed by atoms with E-state index in [4.69, 9.17) is 4.74 Å². The zero-order chi connectivity index (χ0) is 19.1. The third-order valence-electron chi connectivity index (χ3n) is 5.61. The lowest BCUT2D eigenvalue weighted by Gasteiger charge is -2.34. The molecule has 3 atom stereocenters. The van der Waals surface area contributed by atoms with Gasteiger partial charge in [-0.15, -0.1) is 11.8 Å². The van der Waals surface area contributed by atoms with Crippen molar-refractivity contribution in [3.05, 3.63) is 0 Å². The van der Waals surface area contributed by atoms with Crippen molar-refractivity contribution in [2.75, 3.05) is 37.9 Å². The van der Waals surface area contributed by atoms with Crippen molar-refractivity contribution in [2.45, 2.75) is 39.7 Å². The molecule has 0 aromatic carbocycles. The van der Waals surface area contributed by atoms with E-state index < -0.39 is 17.4 Å². The summed E-state index contributed by atoms with van der Waals surface area (Å²) in [6.45, 7) is 7.43. The first-order chi connectivity index (χ1) is 12.1. The highest BCUT2D eigenvalue weighted by molar-refractivity contribution is 7.99. The molecule has 0 bridgehead atoms. The van der Waals surface area contributed by atoms with Crippen LogP contribution in [-0.4, -0.2) is 76.7 Å². The first-order valence-electron chi connectivity index (χ1n) is 9.11. The molecular formula is C18H28N2O5S. The molecule has 3 saturated heterocycles. The van der Waals surface area contributed by atoms with Gasteiger partial charge >= 0.3 is 5.97 Å². The average Bonchev–Trinajstić information content (AvgIpc) is 3.17. The molecule has 1 N–H and O–H groups in total. The largest absolute Gasteiger partial charge is 0.481 e. The molecule has 0 radical (unpaired) electrons. The third kappa shape index (κ3) is 3.58. The molecule has 0 saturated carbocycles. The lowest BCUT2D eigenvalue weighted by Crippen LogP contribution is -2.50. The van der Waals surface area contributed by atoms with Crippen molar-refractivity contribution >= 4 is 29.5 Å². The minimum Gasteiger partial charge on any atom is -0.481 e. The summed E-state index contributed by atoms with van der Waals surface area (Å²) in [5.41, 5.74) is -1.04. The monoisotopic (exact) mass is 384 g/mol. The number of thioether (sulfide) groups is 1. The van der Waals surface area contributed by atoms with E-state index in [0.717, 1.165) is 0 Å². The van der Waals surface area contributed by atoms with Gasteiger partial charge in [-0.3, -0.25) is 14.4 Å². The summed E-state index contributed by atoms with van der Waals surface area (Å²) in [7, 11) is 0. The van der Waals surface area contributed by atoms with Crippen LogP contribution >= 0.6 is 11.8 Å². The van der Waals surface area contributed by atoms with Gasteiger partial charge in [-0.05, 0) is 11.8 Å². The van der Waals surface area contributed by atoms with Crippen LogP contribution in [0.5, 0.6) is 0 Å². The van der Waals surface area contributed by atoms with Crippen molar-refractivity contribution in [1.29, 1.82) is 0 Å². The molecule has 8 heteroatoms. The Hall–Kier alpha value is -1.28. The van der Waals surface area contributed by atoms with Gasteiger partial charge in [0.2, 0.25) is 11.8 Å². The fourth-order valence-electron chi connectivity index (χ4n) is 4.13. The number of hydrogen-bond donors (Lipinski definition) is 1. The highest BCUT2D eigenvalue weighted by Gasteiger charge is 2.56. The highest BCUT2D eigenvalue weighted by atomic mass is 32.2. The molecule has 2 amide bonds. The fourth-order valence-corrected chi connectivity index (χ4v) is 5.30. The second-order valence-corrected chi connectivity index (χ2v) is 9.82. The molecular weight excluding hydrogens is 356 g/mol. The summed E-state index contributed by atoms with van der Waals surface area (Å²) < 4.78 is 5.46. The number of likely N-dealkylation sites (tertiary alicyclic amines) is 1. The molecule has 3 aliphatic heterocycles. The zero-order valence-corrected chi connectivity index (χ0v) is 16.5. The lowest BCUT2D eigenvalue weighted by molar-refractivity contribution is -0.157. The van der Waals surface area contributed by atoms with Crippen LogP contribution in [-0.2, 0) is 19.1 Å². The molecule has 146 valence electrons. The Kier molecular flexibility index (Phi) is 5.27. The number of ether oxygens (including phenoxy) is 1. The van der Waals surface area contributed by atoms with Crippen LogP contribution in [0.1, 0.15) is 33.6 Å². The standard InChI is InChI=1S/C18H28N2O5S/c1-17(2,3)6-14(21)20-11-26-9-13(20)15(22)19-7-12-8-25-5-4-18(12,10-19)16(23)24/h12-13H,4-11H2,1-3H3,(H,23,24)/t12-,13?,18+/m0/s1. The molecule has 1 unspecified atom stereocenters. The number of amides is 2. The number of carbonyl (C=O) groups excluding carboxylic acids is 2. The Labute approximate surface area is 158 Å². The molecule has 3 heterocycles. The van der Waals surface area contributed by atoms with Crippen LogP contribution in [0.3, 0.4) is 0 Å². The average molecular weight is 384 g/mol. The minimum absolute atomic E-state index is 0.00579. The maximum atomic E-state index is 13.1. The second-order valence-electron chi connectivity index (χ2n) is 8.82. The number of nitrogens with zero attached hydrogens (tertiary/aromatic N) is 2. The van der Waals surface area contributed by atoms with E-state index in [2.05, 4.69) is 0 Å². The predicted molar refractivity (Wildman–Crippen MR) is 97.6 cm³/mol. The van der Waals surface area contributed by atoms with E-state index in [1.807, 2.05) is 20.8 Å². The maximum Gasteiger partial charge on any atom is 0.311 e. The van der Waals surface area contributed by atoms with Crippen LogP contribution in [0.25, 0.3) is 0 Å². The van der Waals surface area contributed by atoms with E-state index in [-0.39, 0.29) is 29.7 Å². The molecule has 0 aromatic heterocycles. The van der Waals surface area contributed by atoms with Gasteiger partial charge in [0.1, 0.15) is 6.04 Å². The summed E-state index contributed by atoms with van der Waals surface area (Å²) in [6.07, 6.45) is 0.829. The zero-order valence-electron chi connectivity index (χ0n) is 15.7. The predicted octanol–water partition coefficient (Wildman–Crippen LogP) is 1.27. The van der Waals surface area contributed by atoms with E-state index >= 15 is 0 Å². The normalized spacial score (nSPS) is 31.8. The number of fused-ring (bicyclic) bond motifs is 1. The Morgan fingerprint density at radius 1 is 1.31 bits per heavy atom. The molecule has 7 nitrogen and oxygen atoms in total. The molecule has 3 rings (SSSR count). The number of carbonyl (C=O) groups is 3. The molecule has 0 aliphatic carbocycles. The Morgan fingerprint density at radius 3 is 2.65 bits per heavy atom. The SMILES string of the molecule is CC(C)(C)CC(=O)N1CSCC1C(=O)N1C[C@H]2COCC[C@@]2(C(=O)O)C1. The second kappa shape index (κ2) is 7.03. The summed E-state index contributed by atoms with van der Waals surface area (Å²) in [6, 6.07) is -0.484. The summed E-state index contributed by atoms with van der Waals surface area (Å²) in [5, 5.41) is 9.77. The van der Waals surface area contributed by atoms with Crippen LogP contribution in [0.15, 0.2) is 0 Å². The maximum absolute atomic E-state index is 13.1. The molecule has 0 spiro atoms. The van der Waals surface area contributed by atoms with Crippen molar-refractivity contribution < 1.29 is 24.2 Å².